The van der Waals surface area contributed by atoms with E-state index in [0.717, 1.165) is 42.8 Å². The number of amides is 3. The van der Waals surface area contributed by atoms with Gasteiger partial charge in [-0.3, -0.25) is 19.3 Å². The van der Waals surface area contributed by atoms with Crippen molar-refractivity contribution in [3.63, 3.8) is 0 Å². The molecule has 2 aromatic rings. The summed E-state index contributed by atoms with van der Waals surface area (Å²) in [5.74, 6) is 0.203. The predicted octanol–water partition coefficient (Wildman–Crippen LogP) is 5.71. The van der Waals surface area contributed by atoms with E-state index in [0.29, 0.717) is 44.3 Å². The SMILES string of the molecule is CC[C@H](C)[C@H](NC(=O)[C@H]1CCCCN1C)C(=O)N(CC(C)C)[C@H](CCc1nc(C(=O)N[C@H](CCCO)Cc2ccccc2)cs1)C(C)C. The van der Waals surface area contributed by atoms with Crippen molar-refractivity contribution >= 4 is 29.1 Å². The van der Waals surface area contributed by atoms with Crippen molar-refractivity contribution in [3.05, 3.63) is 52.0 Å². The van der Waals surface area contributed by atoms with Crippen LogP contribution in [0.25, 0.3) is 0 Å². The highest BCUT2D eigenvalue weighted by molar-refractivity contribution is 7.09. The molecule has 1 aliphatic rings. The Morgan fingerprint density at radius 2 is 1.79 bits per heavy atom. The van der Waals surface area contributed by atoms with Crippen molar-refractivity contribution in [2.24, 2.45) is 17.8 Å². The van der Waals surface area contributed by atoms with Gasteiger partial charge in [0.1, 0.15) is 11.7 Å². The highest BCUT2D eigenvalue weighted by Gasteiger charge is 2.37. The minimum atomic E-state index is -0.581. The maximum atomic E-state index is 14.5. The van der Waals surface area contributed by atoms with E-state index in [1.54, 1.807) is 0 Å². The lowest BCUT2D eigenvalue weighted by atomic mass is 9.92. The number of carbonyl (C=O) groups excluding carboxylic acids is 3. The topological polar surface area (TPSA) is 115 Å². The third-order valence-electron chi connectivity index (χ3n) is 9.67. The lowest BCUT2D eigenvalue weighted by molar-refractivity contribution is -0.142. The van der Waals surface area contributed by atoms with Crippen molar-refractivity contribution in [2.45, 2.75) is 123 Å². The molecule has 1 saturated heterocycles. The van der Waals surface area contributed by atoms with E-state index in [9.17, 15) is 19.5 Å². The van der Waals surface area contributed by atoms with Crippen LogP contribution < -0.4 is 10.6 Å². The number of likely N-dealkylation sites (tertiary alicyclic amines) is 1. The number of aromatic nitrogens is 1. The van der Waals surface area contributed by atoms with E-state index in [1.807, 2.05) is 47.7 Å². The van der Waals surface area contributed by atoms with Gasteiger partial charge in [0.05, 0.1) is 11.0 Å². The van der Waals surface area contributed by atoms with Gasteiger partial charge in [-0.15, -0.1) is 11.3 Å². The fourth-order valence-electron chi connectivity index (χ4n) is 6.67. The van der Waals surface area contributed by atoms with Gasteiger partial charge in [0.25, 0.3) is 5.91 Å². The van der Waals surface area contributed by atoms with Gasteiger partial charge in [-0.1, -0.05) is 84.7 Å². The second-order valence-electron chi connectivity index (χ2n) is 14.5. The van der Waals surface area contributed by atoms with Gasteiger partial charge in [-0.2, -0.15) is 0 Å². The van der Waals surface area contributed by atoms with Crippen LogP contribution in [0.1, 0.15) is 108 Å². The lowest BCUT2D eigenvalue weighted by Crippen LogP contribution is -2.59. The molecule has 0 aliphatic carbocycles. The minimum absolute atomic E-state index is 0.000879. The molecule has 0 spiro atoms. The van der Waals surface area contributed by atoms with E-state index >= 15 is 0 Å². The number of benzene rings is 1. The predicted molar refractivity (Wildman–Crippen MR) is 195 cm³/mol. The average Bonchev–Trinajstić information content (AvgIpc) is 3.54. The van der Waals surface area contributed by atoms with Gasteiger partial charge in [0, 0.05) is 37.0 Å². The molecule has 3 N–H and O–H groups in total. The van der Waals surface area contributed by atoms with Crippen molar-refractivity contribution in [2.75, 3.05) is 26.7 Å². The van der Waals surface area contributed by atoms with Crippen LogP contribution in [0.3, 0.4) is 0 Å². The Balaban J connectivity index is 1.73. The second-order valence-corrected chi connectivity index (χ2v) is 15.4. The second kappa shape index (κ2) is 20.0. The Morgan fingerprint density at radius 1 is 1.06 bits per heavy atom. The molecule has 0 radical (unpaired) electrons. The number of aliphatic hydroxyl groups excluding tert-OH is 1. The number of aliphatic hydroxyl groups is 1. The quantitative estimate of drug-likeness (QED) is 0.175. The van der Waals surface area contributed by atoms with Crippen molar-refractivity contribution in [1.29, 1.82) is 0 Å². The normalized spacial score (nSPS) is 17.9. The van der Waals surface area contributed by atoms with Crippen LogP contribution in [-0.2, 0) is 22.4 Å². The molecular formula is C38H61N5O4S. The van der Waals surface area contributed by atoms with Gasteiger partial charge < -0.3 is 20.6 Å². The van der Waals surface area contributed by atoms with Gasteiger partial charge in [0.15, 0.2) is 0 Å². The molecule has 1 aliphatic heterocycles. The summed E-state index contributed by atoms with van der Waals surface area (Å²) >= 11 is 1.48. The molecule has 10 heteroatoms. The Kier molecular flexibility index (Phi) is 16.5. The summed E-state index contributed by atoms with van der Waals surface area (Å²) in [5, 5.41) is 18.4. The molecule has 1 aromatic heterocycles. The third-order valence-corrected chi connectivity index (χ3v) is 10.6. The number of thiazole rings is 1. The molecule has 3 amide bonds. The first-order valence-corrected chi connectivity index (χ1v) is 19.0. The minimum Gasteiger partial charge on any atom is -0.396 e. The van der Waals surface area contributed by atoms with Crippen LogP contribution in [0.5, 0.6) is 0 Å². The maximum Gasteiger partial charge on any atom is 0.270 e. The summed E-state index contributed by atoms with van der Waals surface area (Å²) in [6.07, 6.45) is 7.07. The molecule has 3 rings (SSSR count). The molecule has 0 bridgehead atoms. The van der Waals surface area contributed by atoms with Crippen LogP contribution in [0.2, 0.25) is 0 Å². The number of hydrogen-bond acceptors (Lipinski definition) is 7. The summed E-state index contributed by atoms with van der Waals surface area (Å²) in [6, 6.07) is 9.12. The number of aryl methyl sites for hydroxylation is 1. The fourth-order valence-corrected chi connectivity index (χ4v) is 7.47. The zero-order valence-electron chi connectivity index (χ0n) is 30.4. The van der Waals surface area contributed by atoms with Crippen molar-refractivity contribution in [1.82, 2.24) is 25.4 Å². The summed E-state index contributed by atoms with van der Waals surface area (Å²) in [5.41, 5.74) is 1.54. The lowest BCUT2D eigenvalue weighted by Gasteiger charge is -2.40. The van der Waals surface area contributed by atoms with E-state index in [2.05, 4.69) is 57.1 Å². The van der Waals surface area contributed by atoms with Crippen LogP contribution in [-0.4, -0.2) is 88.5 Å². The van der Waals surface area contributed by atoms with Crippen LogP contribution in [0, 0.1) is 17.8 Å². The largest absolute Gasteiger partial charge is 0.396 e. The summed E-state index contributed by atoms with van der Waals surface area (Å²) in [4.78, 5) is 50.1. The number of nitrogens with one attached hydrogen (secondary N) is 2. The van der Waals surface area contributed by atoms with Crippen LogP contribution >= 0.6 is 11.3 Å². The molecule has 1 aromatic carbocycles. The standard InChI is InChI=1S/C38H61N5O4S/c1-8-28(6)35(41-37(46)33-18-12-13-21-42(33)7)38(47)43(24-26(2)3)32(27(4)5)19-20-34-40-31(25-48-34)36(45)39-30(17-14-22-44)23-29-15-10-9-11-16-29/h9-11,15-16,25-28,30,32-33,35,44H,8,12-14,17-24H2,1-7H3,(H,39,45)(H,41,46)/t28-,30+,32+,33+,35-/m0/s1. The molecule has 0 saturated carbocycles. The molecule has 9 nitrogen and oxygen atoms in total. The van der Waals surface area contributed by atoms with E-state index < -0.39 is 6.04 Å². The number of carbonyl (C=O) groups is 3. The number of nitrogens with zero attached hydrogens (tertiary/aromatic N) is 3. The van der Waals surface area contributed by atoms with Gasteiger partial charge in [-0.05, 0) is 75.4 Å². The monoisotopic (exact) mass is 683 g/mol. The first-order valence-electron chi connectivity index (χ1n) is 18.2. The van der Waals surface area contributed by atoms with Crippen molar-refractivity contribution in [3.8, 4) is 0 Å². The summed E-state index contributed by atoms with van der Waals surface area (Å²) < 4.78 is 0. The van der Waals surface area contributed by atoms with Crippen LogP contribution in [0.4, 0.5) is 0 Å². The van der Waals surface area contributed by atoms with E-state index in [1.165, 1.54) is 11.3 Å². The summed E-state index contributed by atoms with van der Waals surface area (Å²) in [7, 11) is 2.00. The molecular weight excluding hydrogens is 623 g/mol. The molecule has 2 heterocycles. The van der Waals surface area contributed by atoms with Crippen LogP contribution in [0.15, 0.2) is 35.7 Å². The smallest absolute Gasteiger partial charge is 0.270 e. The first-order chi connectivity index (χ1) is 22.9. The average molecular weight is 684 g/mol. The summed E-state index contributed by atoms with van der Waals surface area (Å²) in [6.45, 7) is 14.3. The number of likely N-dealkylation sites (N-methyl/N-ethyl adjacent to an activating group) is 1. The molecule has 1 fully saturated rings. The zero-order chi connectivity index (χ0) is 35.2. The number of piperidine rings is 1. The molecule has 268 valence electrons. The highest BCUT2D eigenvalue weighted by Crippen LogP contribution is 2.24. The van der Waals surface area contributed by atoms with Crippen molar-refractivity contribution < 1.29 is 19.5 Å². The first kappa shape index (κ1) is 39.6. The zero-order valence-corrected chi connectivity index (χ0v) is 31.2. The van der Waals surface area contributed by atoms with Gasteiger partial charge in [-0.25, -0.2) is 4.98 Å². The molecule has 0 unspecified atom stereocenters. The van der Waals surface area contributed by atoms with E-state index in [-0.39, 0.29) is 60.2 Å². The highest BCUT2D eigenvalue weighted by atomic mass is 32.1. The van der Waals surface area contributed by atoms with Gasteiger partial charge in [0.2, 0.25) is 11.8 Å². The van der Waals surface area contributed by atoms with E-state index in [4.69, 9.17) is 4.98 Å². The Labute approximate surface area is 293 Å². The van der Waals surface area contributed by atoms with Gasteiger partial charge >= 0.3 is 0 Å². The Bertz CT molecular complexity index is 1270. The Hall–Kier alpha value is -2.82. The third kappa shape index (κ3) is 11.9. The molecule has 5 atom stereocenters. The molecule has 48 heavy (non-hydrogen) atoms. The Morgan fingerprint density at radius 3 is 2.42 bits per heavy atom. The number of rotatable bonds is 19. The number of hydrogen-bond donors (Lipinski definition) is 3. The fraction of sp³-hybridized carbons (Fsp3) is 0.684. The maximum absolute atomic E-state index is 14.5.